The molecule has 0 bridgehead atoms. The molecule has 1 heterocycles. The summed E-state index contributed by atoms with van der Waals surface area (Å²) < 4.78 is 21.1. The Morgan fingerprint density at radius 1 is 1.45 bits per heavy atom. The number of thioether (sulfide) groups is 1. The number of ether oxygens (including phenoxy) is 1. The minimum Gasteiger partial charge on any atom is -0.480 e. The number of benzene rings is 1. The quantitative estimate of drug-likeness (QED) is 0.789. The van der Waals surface area contributed by atoms with Crippen LogP contribution in [0.25, 0.3) is 0 Å². The maximum absolute atomic E-state index is 13.6. The summed E-state index contributed by atoms with van der Waals surface area (Å²) in [4.78, 5) is 10.9. The fourth-order valence-corrected chi connectivity index (χ4v) is 2.67. The number of hydrogen-bond donors (Lipinski definition) is 1. The van der Waals surface area contributed by atoms with E-state index in [9.17, 15) is 9.18 Å². The lowest BCUT2D eigenvalue weighted by Gasteiger charge is -2.15. The molecule has 118 valence electrons. The highest BCUT2D eigenvalue weighted by molar-refractivity contribution is 7.99. The van der Waals surface area contributed by atoms with Crippen molar-refractivity contribution in [3.63, 3.8) is 0 Å². The highest BCUT2D eigenvalue weighted by atomic mass is 32.2. The van der Waals surface area contributed by atoms with E-state index in [1.165, 1.54) is 17.8 Å². The van der Waals surface area contributed by atoms with Gasteiger partial charge in [0.15, 0.2) is 28.7 Å². The van der Waals surface area contributed by atoms with E-state index >= 15 is 0 Å². The normalized spacial score (nSPS) is 12.1. The molecule has 0 saturated heterocycles. The zero-order valence-electron chi connectivity index (χ0n) is 12.3. The molecule has 0 aliphatic rings. The monoisotopic (exact) mass is 324 g/mol. The van der Waals surface area contributed by atoms with E-state index in [1.807, 2.05) is 11.5 Å². The van der Waals surface area contributed by atoms with Gasteiger partial charge in [0.1, 0.15) is 0 Å². The smallest absolute Gasteiger partial charge is 0.227 e. The zero-order chi connectivity index (χ0) is 16.1. The van der Waals surface area contributed by atoms with Gasteiger partial charge in [-0.25, -0.2) is 4.39 Å². The van der Waals surface area contributed by atoms with Crippen LogP contribution >= 0.6 is 11.8 Å². The molecule has 8 heteroatoms. The molecule has 2 N–H and O–H groups in total. The second-order valence-corrected chi connectivity index (χ2v) is 5.47. The van der Waals surface area contributed by atoms with Gasteiger partial charge in [-0.2, -0.15) is 0 Å². The Labute approximate surface area is 131 Å². The van der Waals surface area contributed by atoms with Crippen LogP contribution in [0, 0.1) is 5.82 Å². The van der Waals surface area contributed by atoms with E-state index in [0.717, 1.165) is 0 Å². The Balaban J connectivity index is 2.17. The average molecular weight is 324 g/mol. The van der Waals surface area contributed by atoms with E-state index in [2.05, 4.69) is 10.2 Å². The second kappa shape index (κ2) is 7.26. The average Bonchev–Trinajstić information content (AvgIpc) is 2.90. The number of carbonyl (C=O) groups excluding carboxylic acids is 1. The minimum atomic E-state index is -0.479. The van der Waals surface area contributed by atoms with Gasteiger partial charge >= 0.3 is 0 Å². The Morgan fingerprint density at radius 2 is 2.18 bits per heavy atom. The first-order chi connectivity index (χ1) is 10.5. The van der Waals surface area contributed by atoms with Crippen molar-refractivity contribution >= 4 is 17.7 Å². The lowest BCUT2D eigenvalue weighted by molar-refractivity contribution is -0.115. The van der Waals surface area contributed by atoms with Crippen LogP contribution in [0.15, 0.2) is 29.4 Å². The lowest BCUT2D eigenvalue weighted by Crippen LogP contribution is -2.15. The van der Waals surface area contributed by atoms with Gasteiger partial charge in [0.05, 0.1) is 5.75 Å². The molecule has 1 aromatic carbocycles. The molecule has 0 radical (unpaired) electrons. The Morgan fingerprint density at radius 3 is 2.82 bits per heavy atom. The predicted molar refractivity (Wildman–Crippen MR) is 81.1 cm³/mol. The van der Waals surface area contributed by atoms with Crippen LogP contribution in [-0.2, 0) is 11.3 Å². The van der Waals surface area contributed by atoms with Gasteiger partial charge in [-0.15, -0.1) is 10.2 Å². The molecule has 1 amide bonds. The molecule has 6 nitrogen and oxygen atoms in total. The first kappa shape index (κ1) is 16.3. The van der Waals surface area contributed by atoms with Crippen molar-refractivity contribution in [2.24, 2.45) is 5.73 Å². The van der Waals surface area contributed by atoms with E-state index in [-0.39, 0.29) is 11.5 Å². The molecule has 1 aromatic heterocycles. The summed E-state index contributed by atoms with van der Waals surface area (Å²) in [6.07, 6.45) is -0.479. The largest absolute Gasteiger partial charge is 0.480 e. The van der Waals surface area contributed by atoms with Crippen molar-refractivity contribution in [3.05, 3.63) is 35.9 Å². The van der Waals surface area contributed by atoms with Crippen LogP contribution in [0.4, 0.5) is 4.39 Å². The Hall–Kier alpha value is -2.09. The van der Waals surface area contributed by atoms with Gasteiger partial charge in [-0.1, -0.05) is 23.9 Å². The fraction of sp³-hybridized carbons (Fsp3) is 0.357. The molecule has 1 unspecified atom stereocenters. The number of para-hydroxylation sites is 1. The third-order valence-electron chi connectivity index (χ3n) is 2.91. The van der Waals surface area contributed by atoms with Crippen molar-refractivity contribution in [2.75, 3.05) is 5.75 Å². The van der Waals surface area contributed by atoms with Gasteiger partial charge in [0, 0.05) is 6.54 Å². The van der Waals surface area contributed by atoms with Crippen LogP contribution in [0.5, 0.6) is 5.75 Å². The first-order valence-electron chi connectivity index (χ1n) is 6.78. The number of carbonyl (C=O) groups is 1. The van der Waals surface area contributed by atoms with Crippen molar-refractivity contribution in [1.29, 1.82) is 0 Å². The Bertz CT molecular complexity index is 662. The van der Waals surface area contributed by atoms with Crippen LogP contribution in [0.3, 0.4) is 0 Å². The molecule has 0 aliphatic carbocycles. The molecule has 0 fully saturated rings. The van der Waals surface area contributed by atoms with Gasteiger partial charge in [0.25, 0.3) is 0 Å². The van der Waals surface area contributed by atoms with E-state index in [4.69, 9.17) is 10.5 Å². The fourth-order valence-electron chi connectivity index (χ4n) is 1.92. The van der Waals surface area contributed by atoms with E-state index in [0.29, 0.717) is 17.5 Å². The van der Waals surface area contributed by atoms with E-state index in [1.54, 1.807) is 25.1 Å². The van der Waals surface area contributed by atoms with Crippen LogP contribution in [0.2, 0.25) is 0 Å². The number of hydrogen-bond acceptors (Lipinski definition) is 5. The lowest BCUT2D eigenvalue weighted by atomic mass is 10.3. The molecule has 0 spiro atoms. The molecule has 2 rings (SSSR count). The topological polar surface area (TPSA) is 83.0 Å². The van der Waals surface area contributed by atoms with Gasteiger partial charge in [-0.05, 0) is 26.0 Å². The number of amides is 1. The maximum atomic E-state index is 13.6. The van der Waals surface area contributed by atoms with Crippen LogP contribution in [0.1, 0.15) is 25.8 Å². The number of nitrogens with two attached hydrogens (primary N) is 1. The summed E-state index contributed by atoms with van der Waals surface area (Å²) in [6, 6.07) is 6.19. The van der Waals surface area contributed by atoms with Crippen molar-refractivity contribution in [1.82, 2.24) is 14.8 Å². The number of rotatable bonds is 7. The van der Waals surface area contributed by atoms with Gasteiger partial charge in [-0.3, -0.25) is 4.79 Å². The molecule has 22 heavy (non-hydrogen) atoms. The predicted octanol–water partition coefficient (Wildman–Crippen LogP) is 2.15. The minimum absolute atomic E-state index is 0.126. The third-order valence-corrected chi connectivity index (χ3v) is 3.90. The third kappa shape index (κ3) is 3.76. The van der Waals surface area contributed by atoms with Crippen molar-refractivity contribution in [2.45, 2.75) is 31.7 Å². The first-order valence-corrected chi connectivity index (χ1v) is 7.76. The number of halogens is 1. The standard InChI is InChI=1S/C14H17FN4O2S/c1-3-19-13(17-18-14(19)22-8-12(16)20)9(2)21-11-7-5-4-6-10(11)15/h4-7,9H,3,8H2,1-2H3,(H2,16,20). The highest BCUT2D eigenvalue weighted by Crippen LogP contribution is 2.25. The molecule has 2 aromatic rings. The summed E-state index contributed by atoms with van der Waals surface area (Å²) in [5.74, 6) is -0.00134. The molecular weight excluding hydrogens is 307 g/mol. The van der Waals surface area contributed by atoms with E-state index < -0.39 is 17.8 Å². The summed E-state index contributed by atoms with van der Waals surface area (Å²) in [5, 5.41) is 8.71. The Kier molecular flexibility index (Phi) is 5.37. The van der Waals surface area contributed by atoms with Gasteiger partial charge < -0.3 is 15.0 Å². The van der Waals surface area contributed by atoms with Crippen molar-refractivity contribution in [3.8, 4) is 5.75 Å². The second-order valence-electron chi connectivity index (χ2n) is 4.53. The maximum Gasteiger partial charge on any atom is 0.227 e. The number of aromatic nitrogens is 3. The summed E-state index contributed by atoms with van der Waals surface area (Å²) in [6.45, 7) is 4.30. The number of nitrogens with zero attached hydrogens (tertiary/aromatic N) is 3. The van der Waals surface area contributed by atoms with Gasteiger partial charge in [0.2, 0.25) is 5.91 Å². The van der Waals surface area contributed by atoms with Crippen LogP contribution in [-0.4, -0.2) is 26.4 Å². The SMILES string of the molecule is CCn1c(SCC(N)=O)nnc1C(C)Oc1ccccc1F. The molecule has 0 aliphatic heterocycles. The molecule has 0 saturated carbocycles. The zero-order valence-corrected chi connectivity index (χ0v) is 13.1. The summed E-state index contributed by atoms with van der Waals surface area (Å²) >= 11 is 1.21. The summed E-state index contributed by atoms with van der Waals surface area (Å²) in [5.41, 5.74) is 5.13. The molecular formula is C14H17FN4O2S. The van der Waals surface area contributed by atoms with Crippen molar-refractivity contribution < 1.29 is 13.9 Å². The molecule has 1 atom stereocenters. The number of primary amides is 1. The van der Waals surface area contributed by atoms with Crippen LogP contribution < -0.4 is 10.5 Å². The summed E-state index contributed by atoms with van der Waals surface area (Å²) in [7, 11) is 0. The highest BCUT2D eigenvalue weighted by Gasteiger charge is 2.20.